The molecule has 1 fully saturated rings. The maximum absolute atomic E-state index is 3.70. The molecular formula is C14H30N2S. The fourth-order valence-electron chi connectivity index (χ4n) is 2.51. The van der Waals surface area contributed by atoms with Crippen molar-refractivity contribution in [1.82, 2.24) is 10.2 Å². The average molecular weight is 258 g/mol. The summed E-state index contributed by atoms with van der Waals surface area (Å²) in [5.41, 5.74) is 0.343. The number of hydrogen-bond acceptors (Lipinski definition) is 3. The lowest BCUT2D eigenvalue weighted by Crippen LogP contribution is -2.48. The number of hydrogen-bond donors (Lipinski definition) is 1. The first-order chi connectivity index (χ1) is 8.20. The first-order valence-electron chi connectivity index (χ1n) is 7.16. The molecule has 2 nitrogen and oxygen atoms in total. The van der Waals surface area contributed by atoms with Crippen LogP contribution < -0.4 is 5.32 Å². The molecule has 0 aromatic heterocycles. The smallest absolute Gasteiger partial charge is 0.0277 e. The molecule has 102 valence electrons. The van der Waals surface area contributed by atoms with Gasteiger partial charge >= 0.3 is 0 Å². The highest BCUT2D eigenvalue weighted by molar-refractivity contribution is 7.98. The van der Waals surface area contributed by atoms with Crippen LogP contribution in [0.5, 0.6) is 0 Å². The van der Waals surface area contributed by atoms with Crippen LogP contribution in [0, 0.1) is 0 Å². The minimum Gasteiger partial charge on any atom is -0.310 e. The van der Waals surface area contributed by atoms with Gasteiger partial charge < -0.3 is 10.2 Å². The molecular weight excluding hydrogens is 228 g/mol. The van der Waals surface area contributed by atoms with Crippen molar-refractivity contribution in [3.05, 3.63) is 0 Å². The van der Waals surface area contributed by atoms with E-state index in [-0.39, 0.29) is 0 Å². The number of thioether (sulfide) groups is 1. The summed E-state index contributed by atoms with van der Waals surface area (Å²) in [6.45, 7) is 9.67. The van der Waals surface area contributed by atoms with E-state index >= 15 is 0 Å². The molecule has 1 aliphatic rings. The van der Waals surface area contributed by atoms with Crippen molar-refractivity contribution in [3.63, 3.8) is 0 Å². The number of unbranched alkanes of at least 4 members (excludes halogenated alkanes) is 2. The summed E-state index contributed by atoms with van der Waals surface area (Å²) in [5.74, 6) is 1.33. The molecule has 1 N–H and O–H groups in total. The van der Waals surface area contributed by atoms with E-state index in [2.05, 4.69) is 30.3 Å². The molecule has 0 spiro atoms. The van der Waals surface area contributed by atoms with Gasteiger partial charge in [0.15, 0.2) is 0 Å². The van der Waals surface area contributed by atoms with Gasteiger partial charge in [-0.25, -0.2) is 0 Å². The van der Waals surface area contributed by atoms with E-state index in [0.29, 0.717) is 5.54 Å². The molecule has 1 saturated heterocycles. The molecule has 1 rings (SSSR count). The van der Waals surface area contributed by atoms with E-state index in [1.54, 1.807) is 0 Å². The van der Waals surface area contributed by atoms with Gasteiger partial charge in [-0.1, -0.05) is 13.3 Å². The number of rotatable bonds is 7. The van der Waals surface area contributed by atoms with Gasteiger partial charge in [0.2, 0.25) is 0 Å². The van der Waals surface area contributed by atoms with Crippen molar-refractivity contribution < 1.29 is 0 Å². The molecule has 1 atom stereocenters. The summed E-state index contributed by atoms with van der Waals surface area (Å²) in [6, 6.07) is 0. The fourth-order valence-corrected chi connectivity index (χ4v) is 3.00. The lowest BCUT2D eigenvalue weighted by molar-refractivity contribution is 0.212. The third-order valence-electron chi connectivity index (χ3n) is 3.88. The summed E-state index contributed by atoms with van der Waals surface area (Å²) in [5, 5.41) is 3.70. The van der Waals surface area contributed by atoms with Crippen LogP contribution in [-0.4, -0.2) is 48.6 Å². The largest absolute Gasteiger partial charge is 0.310 e. The van der Waals surface area contributed by atoms with Gasteiger partial charge in [0.1, 0.15) is 0 Å². The van der Waals surface area contributed by atoms with Gasteiger partial charge in [-0.05, 0) is 64.2 Å². The maximum Gasteiger partial charge on any atom is 0.0277 e. The fraction of sp³-hybridized carbons (Fsp3) is 1.00. The lowest BCUT2D eigenvalue weighted by atomic mass is 9.98. The van der Waals surface area contributed by atoms with E-state index < -0.39 is 0 Å². The van der Waals surface area contributed by atoms with Gasteiger partial charge in [0, 0.05) is 12.1 Å². The molecule has 1 heterocycles. The predicted molar refractivity (Wildman–Crippen MR) is 80.0 cm³/mol. The third-order valence-corrected chi connectivity index (χ3v) is 4.58. The SMILES string of the molecule is CCC1(C)CN(CCCCCSC)CCCN1. The quantitative estimate of drug-likeness (QED) is 0.707. The standard InChI is InChI=1S/C14H30N2S/c1-4-14(2)13-16(11-8-9-15-14)10-6-5-7-12-17-3/h15H,4-13H2,1-3H3. The minimum absolute atomic E-state index is 0.343. The Hall–Kier alpha value is 0.270. The second kappa shape index (κ2) is 8.39. The van der Waals surface area contributed by atoms with Crippen LogP contribution in [0.4, 0.5) is 0 Å². The van der Waals surface area contributed by atoms with E-state index in [0.717, 1.165) is 0 Å². The predicted octanol–water partition coefficient (Wildman–Crippen LogP) is 2.98. The van der Waals surface area contributed by atoms with Crippen molar-refractivity contribution in [3.8, 4) is 0 Å². The third kappa shape index (κ3) is 6.12. The lowest BCUT2D eigenvalue weighted by Gasteiger charge is -2.32. The Bertz CT molecular complexity index is 199. The zero-order chi connectivity index (χ0) is 12.6. The van der Waals surface area contributed by atoms with Crippen molar-refractivity contribution in [2.45, 2.75) is 51.5 Å². The molecule has 0 aromatic carbocycles. The van der Waals surface area contributed by atoms with Crippen molar-refractivity contribution in [2.24, 2.45) is 0 Å². The Kier molecular flexibility index (Phi) is 7.56. The minimum atomic E-state index is 0.343. The van der Waals surface area contributed by atoms with Crippen LogP contribution in [-0.2, 0) is 0 Å². The summed E-state index contributed by atoms with van der Waals surface area (Å²) in [7, 11) is 0. The van der Waals surface area contributed by atoms with Gasteiger partial charge in [-0.3, -0.25) is 0 Å². The van der Waals surface area contributed by atoms with Crippen LogP contribution in [0.25, 0.3) is 0 Å². The van der Waals surface area contributed by atoms with E-state index in [9.17, 15) is 0 Å². The van der Waals surface area contributed by atoms with Gasteiger partial charge in [0.25, 0.3) is 0 Å². The van der Waals surface area contributed by atoms with E-state index in [1.165, 1.54) is 64.0 Å². The molecule has 0 saturated carbocycles. The molecule has 0 aromatic rings. The molecule has 0 bridgehead atoms. The van der Waals surface area contributed by atoms with Gasteiger partial charge in [-0.15, -0.1) is 0 Å². The van der Waals surface area contributed by atoms with Crippen molar-refractivity contribution >= 4 is 11.8 Å². The highest BCUT2D eigenvalue weighted by Crippen LogP contribution is 2.15. The maximum atomic E-state index is 3.70. The second-order valence-corrected chi connectivity index (χ2v) is 6.51. The molecule has 0 amide bonds. The summed E-state index contributed by atoms with van der Waals surface area (Å²) in [6.07, 6.45) is 8.90. The van der Waals surface area contributed by atoms with Crippen molar-refractivity contribution in [1.29, 1.82) is 0 Å². The van der Waals surface area contributed by atoms with E-state index in [4.69, 9.17) is 0 Å². The molecule has 3 heteroatoms. The summed E-state index contributed by atoms with van der Waals surface area (Å²) >= 11 is 1.97. The normalized spacial score (nSPS) is 27.0. The van der Waals surface area contributed by atoms with Crippen LogP contribution in [0.1, 0.15) is 46.0 Å². The highest BCUT2D eigenvalue weighted by atomic mass is 32.2. The van der Waals surface area contributed by atoms with Crippen LogP contribution in [0.3, 0.4) is 0 Å². The number of nitrogens with zero attached hydrogens (tertiary/aromatic N) is 1. The average Bonchev–Trinajstić information content (AvgIpc) is 2.52. The van der Waals surface area contributed by atoms with Crippen molar-refractivity contribution in [2.75, 3.05) is 38.2 Å². The monoisotopic (exact) mass is 258 g/mol. The topological polar surface area (TPSA) is 15.3 Å². The van der Waals surface area contributed by atoms with Crippen LogP contribution in [0.15, 0.2) is 0 Å². The zero-order valence-electron chi connectivity index (χ0n) is 11.9. The summed E-state index contributed by atoms with van der Waals surface area (Å²) in [4.78, 5) is 2.67. The Morgan fingerprint density at radius 2 is 2.12 bits per heavy atom. The Morgan fingerprint density at radius 3 is 2.82 bits per heavy atom. The molecule has 0 radical (unpaired) electrons. The van der Waals surface area contributed by atoms with Gasteiger partial charge in [0.05, 0.1) is 0 Å². The first-order valence-corrected chi connectivity index (χ1v) is 8.56. The Labute approximate surface area is 112 Å². The molecule has 1 unspecified atom stereocenters. The zero-order valence-corrected chi connectivity index (χ0v) is 12.7. The molecule has 0 aliphatic carbocycles. The summed E-state index contributed by atoms with van der Waals surface area (Å²) < 4.78 is 0. The van der Waals surface area contributed by atoms with E-state index in [1.807, 2.05) is 11.8 Å². The highest BCUT2D eigenvalue weighted by Gasteiger charge is 2.26. The Morgan fingerprint density at radius 1 is 1.29 bits per heavy atom. The van der Waals surface area contributed by atoms with Crippen LogP contribution >= 0.6 is 11.8 Å². The first kappa shape index (κ1) is 15.3. The second-order valence-electron chi connectivity index (χ2n) is 5.52. The molecule has 1 aliphatic heterocycles. The molecule has 17 heavy (non-hydrogen) atoms. The van der Waals surface area contributed by atoms with Gasteiger partial charge in [-0.2, -0.15) is 11.8 Å². The Balaban J connectivity index is 2.22. The van der Waals surface area contributed by atoms with Crippen LogP contribution in [0.2, 0.25) is 0 Å². The number of nitrogens with one attached hydrogen (secondary N) is 1.